The van der Waals surface area contributed by atoms with Gasteiger partial charge in [-0.05, 0) is 114 Å². The SMILES string of the molecule is C#C[C@H]1CN(C(=O)Oc2ccc3nc4c(cc3c2CN2CCN(C(=O)C3CCN(c5ccc(C(=O)NC6CCC(Oc7ccc(C#N)c(Cl)c7C)CC6)nn5)CC3)CC2)Cn2c-4cc3c(c2=O)COC(=O)[C@]3(O)CC)[C@H](C)CN1C. The van der Waals surface area contributed by atoms with Crippen LogP contribution in [0, 0.1) is 36.5 Å². The highest BCUT2D eigenvalue weighted by Crippen LogP contribution is 2.41. The van der Waals surface area contributed by atoms with Crippen LogP contribution in [0.2, 0.25) is 5.02 Å². The van der Waals surface area contributed by atoms with E-state index in [1.807, 2.05) is 42.8 Å². The molecular formula is C59H64ClN11O9. The van der Waals surface area contributed by atoms with Gasteiger partial charge in [0.25, 0.3) is 11.5 Å². The molecule has 20 nitrogen and oxygen atoms in total. The Morgan fingerprint density at radius 1 is 0.963 bits per heavy atom. The first-order chi connectivity index (χ1) is 38.5. The van der Waals surface area contributed by atoms with Gasteiger partial charge in [-0.2, -0.15) is 5.26 Å². The van der Waals surface area contributed by atoms with Gasteiger partial charge in [-0.25, -0.2) is 14.6 Å². The van der Waals surface area contributed by atoms with Crippen LogP contribution in [0.3, 0.4) is 0 Å². The molecule has 1 aliphatic carbocycles. The van der Waals surface area contributed by atoms with Crippen molar-refractivity contribution in [2.24, 2.45) is 5.92 Å². The lowest BCUT2D eigenvalue weighted by atomic mass is 9.86. The third-order valence-electron chi connectivity index (χ3n) is 17.2. The van der Waals surface area contributed by atoms with Crippen molar-refractivity contribution in [2.45, 2.75) is 115 Å². The number of nitrogens with zero attached hydrogens (tertiary/aromatic N) is 10. The van der Waals surface area contributed by atoms with E-state index in [2.05, 4.69) is 37.3 Å². The number of ether oxygens (including phenoxy) is 3. The van der Waals surface area contributed by atoms with Gasteiger partial charge in [-0.3, -0.25) is 24.2 Å². The summed E-state index contributed by atoms with van der Waals surface area (Å²) in [6.45, 7) is 10.1. The number of carbonyl (C=O) groups is 4. The zero-order chi connectivity index (χ0) is 56.1. The first-order valence-corrected chi connectivity index (χ1v) is 28.0. The van der Waals surface area contributed by atoms with Gasteiger partial charge in [-0.1, -0.05) is 24.4 Å². The minimum atomic E-state index is -1.96. The number of benzene rings is 2. The molecule has 5 aromatic rings. The lowest BCUT2D eigenvalue weighted by Gasteiger charge is -2.41. The summed E-state index contributed by atoms with van der Waals surface area (Å²) in [5.74, 6) is 3.36. The average molecular weight is 1110 g/mol. The summed E-state index contributed by atoms with van der Waals surface area (Å²) in [5.41, 5.74) is 2.70. The molecule has 21 heteroatoms. The van der Waals surface area contributed by atoms with Crippen molar-refractivity contribution < 1.29 is 38.5 Å². The van der Waals surface area contributed by atoms with Crippen molar-refractivity contribution in [1.29, 1.82) is 5.26 Å². The summed E-state index contributed by atoms with van der Waals surface area (Å²) in [4.78, 5) is 83.3. The minimum absolute atomic E-state index is 0.0245. The summed E-state index contributed by atoms with van der Waals surface area (Å²) in [6, 6.07) is 15.8. The fraction of sp³-hybridized carbons (Fsp3) is 0.475. The van der Waals surface area contributed by atoms with Gasteiger partial charge in [0.1, 0.15) is 24.2 Å². The number of nitrogens with one attached hydrogen (secondary N) is 1. The molecule has 3 aromatic heterocycles. The molecular weight excluding hydrogens is 1040 g/mol. The van der Waals surface area contributed by atoms with Gasteiger partial charge < -0.3 is 43.9 Å². The maximum Gasteiger partial charge on any atom is 0.415 e. The molecule has 3 saturated heterocycles. The van der Waals surface area contributed by atoms with Crippen LogP contribution in [0.25, 0.3) is 22.3 Å². The molecule has 3 atom stereocenters. The number of rotatable bonds is 10. The third-order valence-corrected chi connectivity index (χ3v) is 17.7. The second-order valence-corrected chi connectivity index (χ2v) is 22.4. The van der Waals surface area contributed by atoms with Gasteiger partial charge in [0, 0.05) is 98.0 Å². The van der Waals surface area contributed by atoms with Crippen LogP contribution in [0.15, 0.2) is 53.3 Å². The molecule has 0 radical (unpaired) electrons. The summed E-state index contributed by atoms with van der Waals surface area (Å²) < 4.78 is 19.4. The van der Waals surface area contributed by atoms with Gasteiger partial charge >= 0.3 is 12.1 Å². The fourth-order valence-electron chi connectivity index (χ4n) is 12.3. The number of hydrogen-bond acceptors (Lipinski definition) is 16. The lowest BCUT2D eigenvalue weighted by Crippen LogP contribution is -2.57. The highest BCUT2D eigenvalue weighted by atomic mass is 35.5. The standard InChI is InChI=1S/C59H64ClN11O9/c1-6-40-31-70(34(3)29-66(40)5)58(76)80-50-16-13-46-42(26-38-30-71-48(53(38)63-46)27-45-44(56(71)74)33-78-57(75)59(45,77)7-2)43(50)32-67-22-24-69(25-23-67)55(73)36-18-20-68(21-19-36)51-17-14-47(64-65-51)54(72)62-39-9-11-41(12-10-39)79-49-15-8-37(28-61)52(60)35(49)4/h1,8,13-17,26-27,34,36,39-41,77H,7,9-12,18-25,29-33H2,2-5H3,(H,62,72)/t34-,39?,40+,41?,59+/m1/s1. The number of hydrogen-bond donors (Lipinski definition) is 2. The molecule has 5 aliphatic heterocycles. The number of fused-ring (bicyclic) bond motifs is 5. The van der Waals surface area contributed by atoms with Gasteiger partial charge in [-0.15, -0.1) is 16.6 Å². The minimum Gasteiger partial charge on any atom is -0.490 e. The van der Waals surface area contributed by atoms with Crippen molar-refractivity contribution in [3.8, 4) is 41.3 Å². The number of likely N-dealkylation sites (N-methyl/N-ethyl adjacent to an activating group) is 1. The molecule has 0 unspecified atom stereocenters. The first kappa shape index (κ1) is 54.3. The van der Waals surface area contributed by atoms with Crippen molar-refractivity contribution in [3.05, 3.63) is 103 Å². The molecule has 0 spiro atoms. The zero-order valence-corrected chi connectivity index (χ0v) is 46.1. The molecule has 11 rings (SSSR count). The van der Waals surface area contributed by atoms with Crippen LogP contribution in [0.5, 0.6) is 11.5 Å². The molecule has 416 valence electrons. The van der Waals surface area contributed by atoms with E-state index in [1.165, 1.54) is 0 Å². The Morgan fingerprint density at radius 2 is 1.71 bits per heavy atom. The van der Waals surface area contributed by atoms with Crippen LogP contribution >= 0.6 is 11.6 Å². The molecule has 8 heterocycles. The smallest absolute Gasteiger partial charge is 0.415 e. The molecule has 2 N–H and O–H groups in total. The number of anilines is 1. The second kappa shape index (κ2) is 22.1. The Hall–Kier alpha value is -7.62. The average Bonchev–Trinajstić information content (AvgIpc) is 4.05. The van der Waals surface area contributed by atoms with E-state index in [-0.39, 0.29) is 83.9 Å². The van der Waals surface area contributed by atoms with Crippen LogP contribution in [0.4, 0.5) is 10.6 Å². The number of piperazine rings is 2. The number of piperidine rings is 1. The molecule has 4 fully saturated rings. The van der Waals surface area contributed by atoms with E-state index < -0.39 is 17.7 Å². The van der Waals surface area contributed by atoms with E-state index in [0.29, 0.717) is 117 Å². The number of halogens is 1. The normalized spacial score (nSPS) is 23.3. The summed E-state index contributed by atoms with van der Waals surface area (Å²) in [5, 5.41) is 33.7. The van der Waals surface area contributed by atoms with Crippen LogP contribution in [-0.4, -0.2) is 152 Å². The number of amides is 3. The number of esters is 1. The number of terminal acetylenes is 1. The van der Waals surface area contributed by atoms with Gasteiger partial charge in [0.05, 0.1) is 58.3 Å². The van der Waals surface area contributed by atoms with Crippen molar-refractivity contribution in [1.82, 2.24) is 44.7 Å². The zero-order valence-electron chi connectivity index (χ0n) is 45.4. The maximum atomic E-state index is 14.1. The number of aliphatic hydroxyl groups is 1. The fourth-order valence-corrected chi connectivity index (χ4v) is 12.5. The number of pyridine rings is 2. The molecule has 2 aromatic carbocycles. The molecule has 1 saturated carbocycles. The Balaban J connectivity index is 0.720. The van der Waals surface area contributed by atoms with E-state index in [9.17, 15) is 34.3 Å². The Morgan fingerprint density at radius 3 is 2.41 bits per heavy atom. The summed E-state index contributed by atoms with van der Waals surface area (Å²) in [6.07, 6.45) is 9.63. The predicted octanol–water partition coefficient (Wildman–Crippen LogP) is 5.52. The summed E-state index contributed by atoms with van der Waals surface area (Å²) >= 11 is 6.35. The topological polar surface area (TPSA) is 229 Å². The number of carbonyl (C=O) groups excluding carboxylic acids is 4. The van der Waals surface area contributed by atoms with Gasteiger partial charge in [0.2, 0.25) is 5.91 Å². The van der Waals surface area contributed by atoms with E-state index >= 15 is 0 Å². The number of nitriles is 1. The first-order valence-electron chi connectivity index (χ1n) is 27.6. The predicted molar refractivity (Wildman–Crippen MR) is 296 cm³/mol. The second-order valence-electron chi connectivity index (χ2n) is 22.1. The monoisotopic (exact) mass is 1110 g/mol. The van der Waals surface area contributed by atoms with Gasteiger partial charge in [0.15, 0.2) is 17.1 Å². The van der Waals surface area contributed by atoms with Crippen molar-refractivity contribution >= 4 is 52.2 Å². The third kappa shape index (κ3) is 10.2. The highest BCUT2D eigenvalue weighted by Gasteiger charge is 2.46. The Bertz CT molecular complexity index is 3450. The van der Waals surface area contributed by atoms with Crippen LogP contribution in [-0.2, 0) is 39.6 Å². The Kier molecular flexibility index (Phi) is 15.0. The quantitative estimate of drug-likeness (QED) is 0.127. The molecule has 0 bridgehead atoms. The largest absolute Gasteiger partial charge is 0.490 e. The van der Waals surface area contributed by atoms with Crippen LogP contribution < -0.4 is 25.2 Å². The number of aromatic nitrogens is 4. The highest BCUT2D eigenvalue weighted by molar-refractivity contribution is 6.32. The number of cyclic esters (lactones) is 1. The van der Waals surface area contributed by atoms with E-state index in [0.717, 1.165) is 47.8 Å². The molecule has 3 amide bonds. The Labute approximate surface area is 468 Å². The van der Waals surface area contributed by atoms with E-state index in [1.54, 1.807) is 52.8 Å². The van der Waals surface area contributed by atoms with Crippen molar-refractivity contribution in [2.75, 3.05) is 64.3 Å². The summed E-state index contributed by atoms with van der Waals surface area (Å²) in [7, 11) is 1.94. The maximum absolute atomic E-state index is 14.1. The van der Waals surface area contributed by atoms with Crippen molar-refractivity contribution in [3.63, 3.8) is 0 Å². The molecule has 6 aliphatic rings. The van der Waals surface area contributed by atoms with Crippen LogP contribution in [0.1, 0.15) is 103 Å². The van der Waals surface area contributed by atoms with E-state index in [4.69, 9.17) is 37.2 Å². The molecule has 80 heavy (non-hydrogen) atoms. The lowest BCUT2D eigenvalue weighted by molar-refractivity contribution is -0.172.